The van der Waals surface area contributed by atoms with E-state index in [0.717, 1.165) is 0 Å². The van der Waals surface area contributed by atoms with E-state index < -0.39 is 10.8 Å². The van der Waals surface area contributed by atoms with Gasteiger partial charge in [-0.15, -0.1) is 0 Å². The van der Waals surface area contributed by atoms with E-state index in [9.17, 15) is 19.7 Å². The zero-order valence-electron chi connectivity index (χ0n) is 14.3. The summed E-state index contributed by atoms with van der Waals surface area (Å²) in [6.07, 6.45) is 1.37. The fourth-order valence-electron chi connectivity index (χ4n) is 1.97. The predicted octanol–water partition coefficient (Wildman–Crippen LogP) is 2.95. The maximum atomic E-state index is 12.3. The van der Waals surface area contributed by atoms with E-state index in [2.05, 4.69) is 15.8 Å². The number of carbonyl (C=O) groups excluding carboxylic acids is 2. The quantitative estimate of drug-likeness (QED) is 0.471. The monoisotopic (exact) mass is 354 g/mol. The Morgan fingerprint density at radius 2 is 1.77 bits per heavy atom. The van der Waals surface area contributed by atoms with Crippen LogP contribution in [0, 0.1) is 16.0 Å². The summed E-state index contributed by atoms with van der Waals surface area (Å²) < 4.78 is 0. The van der Waals surface area contributed by atoms with Crippen LogP contribution in [0.15, 0.2) is 53.6 Å². The van der Waals surface area contributed by atoms with Gasteiger partial charge in [0.2, 0.25) is 5.91 Å². The molecule has 0 heterocycles. The molecule has 2 amide bonds. The van der Waals surface area contributed by atoms with Gasteiger partial charge in [-0.2, -0.15) is 5.10 Å². The van der Waals surface area contributed by atoms with Crippen molar-refractivity contribution in [3.63, 3.8) is 0 Å². The predicted molar refractivity (Wildman–Crippen MR) is 98.1 cm³/mol. The van der Waals surface area contributed by atoms with Gasteiger partial charge in [0.15, 0.2) is 0 Å². The molecule has 0 aliphatic carbocycles. The van der Waals surface area contributed by atoms with Crippen molar-refractivity contribution in [1.29, 1.82) is 0 Å². The first kappa shape index (κ1) is 18.8. The summed E-state index contributed by atoms with van der Waals surface area (Å²) in [4.78, 5) is 34.2. The number of rotatable bonds is 6. The Hall–Kier alpha value is -3.55. The number of nitrogens with zero attached hydrogens (tertiary/aromatic N) is 2. The summed E-state index contributed by atoms with van der Waals surface area (Å²) in [6.45, 7) is 3.51. The molecule has 26 heavy (non-hydrogen) atoms. The highest BCUT2D eigenvalue weighted by atomic mass is 16.6. The molecule has 0 atom stereocenters. The molecule has 2 aromatic rings. The average Bonchev–Trinajstić information content (AvgIpc) is 2.62. The number of amides is 2. The number of benzene rings is 2. The number of non-ortho nitro benzene ring substituents is 1. The summed E-state index contributed by atoms with van der Waals surface area (Å²) >= 11 is 0. The molecule has 8 heteroatoms. The molecule has 0 unspecified atom stereocenters. The zero-order chi connectivity index (χ0) is 19.1. The number of para-hydroxylation sites is 1. The SMILES string of the molecule is CC(C)C(=O)Nc1ccccc1C(=O)NN=Cc1ccc([N+](=O)[O-])cc1. The van der Waals surface area contributed by atoms with Crippen LogP contribution in [0.25, 0.3) is 0 Å². The number of hydrogen-bond acceptors (Lipinski definition) is 5. The van der Waals surface area contributed by atoms with Crippen LogP contribution in [0.3, 0.4) is 0 Å². The van der Waals surface area contributed by atoms with E-state index in [1.807, 2.05) is 0 Å². The molecule has 8 nitrogen and oxygen atoms in total. The summed E-state index contributed by atoms with van der Waals surface area (Å²) in [5.41, 5.74) is 3.62. The highest BCUT2D eigenvalue weighted by Crippen LogP contribution is 2.16. The molecular formula is C18H18N4O4. The molecule has 0 saturated carbocycles. The van der Waals surface area contributed by atoms with Crippen LogP contribution in [0.2, 0.25) is 0 Å². The van der Waals surface area contributed by atoms with E-state index in [0.29, 0.717) is 11.3 Å². The second kappa shape index (κ2) is 8.52. The second-order valence-corrected chi connectivity index (χ2v) is 5.74. The summed E-state index contributed by atoms with van der Waals surface area (Å²) in [6, 6.07) is 12.3. The fourth-order valence-corrected chi connectivity index (χ4v) is 1.97. The Morgan fingerprint density at radius 3 is 2.38 bits per heavy atom. The maximum absolute atomic E-state index is 12.3. The lowest BCUT2D eigenvalue weighted by atomic mass is 10.1. The maximum Gasteiger partial charge on any atom is 0.273 e. The van der Waals surface area contributed by atoms with Crippen molar-refractivity contribution in [2.75, 3.05) is 5.32 Å². The molecule has 2 rings (SSSR count). The smallest absolute Gasteiger partial charge is 0.273 e. The Bertz CT molecular complexity index is 845. The number of nitro benzene ring substituents is 1. The van der Waals surface area contributed by atoms with Gasteiger partial charge in [0.1, 0.15) is 0 Å². The van der Waals surface area contributed by atoms with Crippen LogP contribution in [0.4, 0.5) is 11.4 Å². The van der Waals surface area contributed by atoms with Gasteiger partial charge in [-0.25, -0.2) is 5.43 Å². The van der Waals surface area contributed by atoms with Crippen molar-refractivity contribution in [3.8, 4) is 0 Å². The molecule has 0 radical (unpaired) electrons. The van der Waals surface area contributed by atoms with Gasteiger partial charge >= 0.3 is 0 Å². The molecule has 0 spiro atoms. The van der Waals surface area contributed by atoms with Gasteiger partial charge in [0, 0.05) is 18.1 Å². The Balaban J connectivity index is 2.06. The molecule has 0 bridgehead atoms. The molecular weight excluding hydrogens is 336 g/mol. The molecule has 2 aromatic carbocycles. The first-order valence-corrected chi connectivity index (χ1v) is 7.86. The van der Waals surface area contributed by atoms with E-state index in [1.165, 1.54) is 30.5 Å². The minimum Gasteiger partial charge on any atom is -0.325 e. The summed E-state index contributed by atoms with van der Waals surface area (Å²) in [7, 11) is 0. The standard InChI is InChI=1S/C18H18N4O4/c1-12(2)17(23)20-16-6-4-3-5-15(16)18(24)21-19-11-13-7-9-14(10-8-13)22(25)26/h3-12H,1-2H3,(H,20,23)(H,21,24). The highest BCUT2D eigenvalue weighted by molar-refractivity contribution is 6.04. The normalized spacial score (nSPS) is 10.7. The van der Waals surface area contributed by atoms with Crippen LogP contribution >= 0.6 is 0 Å². The molecule has 2 N–H and O–H groups in total. The van der Waals surface area contributed by atoms with Gasteiger partial charge in [0.05, 0.1) is 22.4 Å². The molecule has 0 aliphatic heterocycles. The van der Waals surface area contributed by atoms with Crippen LogP contribution in [-0.2, 0) is 4.79 Å². The largest absolute Gasteiger partial charge is 0.325 e. The summed E-state index contributed by atoms with van der Waals surface area (Å²) in [5, 5.41) is 17.1. The number of nitrogens with one attached hydrogen (secondary N) is 2. The van der Waals surface area contributed by atoms with E-state index in [-0.39, 0.29) is 23.1 Å². The number of nitro groups is 1. The van der Waals surface area contributed by atoms with Crippen molar-refractivity contribution in [2.45, 2.75) is 13.8 Å². The van der Waals surface area contributed by atoms with E-state index in [1.54, 1.807) is 38.1 Å². The van der Waals surface area contributed by atoms with Crippen LogP contribution in [0.1, 0.15) is 29.8 Å². The van der Waals surface area contributed by atoms with Crippen LogP contribution in [-0.4, -0.2) is 23.0 Å². The number of anilines is 1. The number of hydrogen-bond donors (Lipinski definition) is 2. The van der Waals surface area contributed by atoms with Crippen molar-refractivity contribution >= 4 is 29.4 Å². The van der Waals surface area contributed by atoms with Crippen LogP contribution < -0.4 is 10.7 Å². The topological polar surface area (TPSA) is 114 Å². The van der Waals surface area contributed by atoms with Gasteiger partial charge in [-0.3, -0.25) is 19.7 Å². The molecule has 0 aromatic heterocycles. The fraction of sp³-hybridized carbons (Fsp3) is 0.167. The molecule has 0 aliphatic rings. The van der Waals surface area contributed by atoms with Gasteiger partial charge in [-0.1, -0.05) is 26.0 Å². The van der Waals surface area contributed by atoms with Crippen molar-refractivity contribution in [1.82, 2.24) is 5.43 Å². The Labute approximate surface area is 150 Å². The molecule has 0 fully saturated rings. The molecule has 134 valence electrons. The van der Waals surface area contributed by atoms with Gasteiger partial charge in [-0.05, 0) is 29.8 Å². The third-order valence-electron chi connectivity index (χ3n) is 3.44. The Kier molecular flexibility index (Phi) is 6.15. The average molecular weight is 354 g/mol. The first-order chi connectivity index (χ1) is 12.4. The Morgan fingerprint density at radius 1 is 1.12 bits per heavy atom. The van der Waals surface area contributed by atoms with Crippen LogP contribution in [0.5, 0.6) is 0 Å². The lowest BCUT2D eigenvalue weighted by Crippen LogP contribution is -2.23. The minimum absolute atomic E-state index is 0.0268. The number of hydrazone groups is 1. The van der Waals surface area contributed by atoms with Crippen molar-refractivity contribution < 1.29 is 14.5 Å². The third kappa shape index (κ3) is 4.97. The third-order valence-corrected chi connectivity index (χ3v) is 3.44. The van der Waals surface area contributed by atoms with Gasteiger partial charge in [0.25, 0.3) is 11.6 Å². The highest BCUT2D eigenvalue weighted by Gasteiger charge is 2.14. The minimum atomic E-state index is -0.495. The van der Waals surface area contributed by atoms with Gasteiger partial charge < -0.3 is 5.32 Å². The number of carbonyl (C=O) groups is 2. The lowest BCUT2D eigenvalue weighted by Gasteiger charge is -2.11. The van der Waals surface area contributed by atoms with Crippen molar-refractivity contribution in [3.05, 3.63) is 69.8 Å². The van der Waals surface area contributed by atoms with E-state index >= 15 is 0 Å². The lowest BCUT2D eigenvalue weighted by molar-refractivity contribution is -0.384. The van der Waals surface area contributed by atoms with E-state index in [4.69, 9.17) is 0 Å². The van der Waals surface area contributed by atoms with Crippen molar-refractivity contribution in [2.24, 2.45) is 11.0 Å². The zero-order valence-corrected chi connectivity index (χ0v) is 14.3. The second-order valence-electron chi connectivity index (χ2n) is 5.74. The molecule has 0 saturated heterocycles. The first-order valence-electron chi connectivity index (χ1n) is 7.86. The summed E-state index contributed by atoms with van der Waals surface area (Å²) in [5.74, 6) is -0.895.